The van der Waals surface area contributed by atoms with Crippen LogP contribution in [0.25, 0.3) is 6.08 Å². The topological polar surface area (TPSA) is 86.3 Å². The van der Waals surface area contributed by atoms with Crippen LogP contribution in [0.2, 0.25) is 0 Å². The largest absolute Gasteiger partial charge is 0.495 e. The van der Waals surface area contributed by atoms with E-state index in [2.05, 4.69) is 5.32 Å². The molecule has 0 atom stereocenters. The minimum Gasteiger partial charge on any atom is -0.495 e. The van der Waals surface area contributed by atoms with Crippen molar-refractivity contribution >= 4 is 51.9 Å². The number of thioether (sulfide) groups is 1. The van der Waals surface area contributed by atoms with E-state index < -0.39 is 0 Å². The van der Waals surface area contributed by atoms with Crippen molar-refractivity contribution in [3.8, 4) is 23.0 Å². The molecule has 1 aliphatic rings. The Morgan fingerprint density at radius 3 is 2.25 bits per heavy atom. The van der Waals surface area contributed by atoms with Crippen LogP contribution in [-0.2, 0) is 9.59 Å². The molecule has 0 aromatic heterocycles. The maximum absolute atomic E-state index is 12.9. The molecule has 1 saturated heterocycles. The van der Waals surface area contributed by atoms with Crippen molar-refractivity contribution in [2.75, 3.05) is 40.3 Å². The fourth-order valence-electron chi connectivity index (χ4n) is 3.05. The number of nitrogens with one attached hydrogen (secondary N) is 1. The van der Waals surface area contributed by atoms with Gasteiger partial charge in [-0.3, -0.25) is 14.5 Å². The zero-order valence-corrected chi connectivity index (χ0v) is 19.6. The summed E-state index contributed by atoms with van der Waals surface area (Å²) in [7, 11) is 6.06. The number of carbonyl (C=O) groups is 2. The highest BCUT2D eigenvalue weighted by Crippen LogP contribution is 2.40. The van der Waals surface area contributed by atoms with Crippen molar-refractivity contribution in [3.63, 3.8) is 0 Å². The van der Waals surface area contributed by atoms with E-state index in [1.54, 1.807) is 42.5 Å². The first kappa shape index (κ1) is 23.4. The third-order valence-corrected chi connectivity index (χ3v) is 5.92. The van der Waals surface area contributed by atoms with Crippen LogP contribution in [-0.4, -0.2) is 56.0 Å². The van der Waals surface area contributed by atoms with Crippen molar-refractivity contribution in [2.24, 2.45) is 0 Å². The fraction of sp³-hybridized carbons (Fsp3) is 0.227. The summed E-state index contributed by atoms with van der Waals surface area (Å²) < 4.78 is 21.6. The summed E-state index contributed by atoms with van der Waals surface area (Å²) in [6.07, 6.45) is 1.67. The van der Waals surface area contributed by atoms with Crippen LogP contribution >= 0.6 is 24.0 Å². The maximum atomic E-state index is 12.9. The van der Waals surface area contributed by atoms with E-state index in [-0.39, 0.29) is 18.4 Å². The van der Waals surface area contributed by atoms with Crippen molar-refractivity contribution < 1.29 is 28.5 Å². The van der Waals surface area contributed by atoms with E-state index >= 15 is 0 Å². The number of benzene rings is 2. The highest BCUT2D eigenvalue weighted by atomic mass is 32.2. The predicted octanol–water partition coefficient (Wildman–Crippen LogP) is 3.56. The number of amides is 2. The normalized spacial score (nSPS) is 14.5. The van der Waals surface area contributed by atoms with Crippen LogP contribution in [0.1, 0.15) is 5.56 Å². The number of carbonyl (C=O) groups excluding carboxylic acids is 2. The van der Waals surface area contributed by atoms with E-state index in [1.165, 1.54) is 33.3 Å². The summed E-state index contributed by atoms with van der Waals surface area (Å²) in [6, 6.07) is 10.5. The van der Waals surface area contributed by atoms with Gasteiger partial charge in [-0.1, -0.05) is 36.1 Å². The molecule has 32 heavy (non-hydrogen) atoms. The molecule has 2 amide bonds. The molecule has 0 bridgehead atoms. The molecule has 2 aromatic rings. The van der Waals surface area contributed by atoms with Gasteiger partial charge in [-0.2, -0.15) is 0 Å². The minimum atomic E-state index is -0.389. The van der Waals surface area contributed by atoms with Crippen LogP contribution in [0.5, 0.6) is 23.0 Å². The van der Waals surface area contributed by atoms with Crippen LogP contribution < -0.4 is 24.3 Å². The first-order valence-corrected chi connectivity index (χ1v) is 10.6. The standard InChI is InChI=1S/C22H22N2O6S2/c1-27-15-8-6-5-7-14(15)23-19(25)12-24-21(26)18(32-22(24)31)11-13-9-16(28-2)20(30-4)17(10-13)29-3/h5-11H,12H2,1-4H3,(H,23,25)/b18-11+. The summed E-state index contributed by atoms with van der Waals surface area (Å²) in [4.78, 5) is 27.1. The third-order valence-electron chi connectivity index (χ3n) is 4.54. The van der Waals surface area contributed by atoms with E-state index in [0.29, 0.717) is 43.5 Å². The molecule has 1 aliphatic heterocycles. The number of nitrogens with zero attached hydrogens (tertiary/aromatic N) is 1. The van der Waals surface area contributed by atoms with E-state index in [4.69, 9.17) is 31.2 Å². The van der Waals surface area contributed by atoms with Crippen LogP contribution in [0.3, 0.4) is 0 Å². The van der Waals surface area contributed by atoms with Gasteiger partial charge in [-0.05, 0) is 35.9 Å². The van der Waals surface area contributed by atoms with Crippen molar-refractivity contribution in [2.45, 2.75) is 0 Å². The molecule has 0 unspecified atom stereocenters. The maximum Gasteiger partial charge on any atom is 0.266 e. The van der Waals surface area contributed by atoms with Crippen LogP contribution in [0, 0.1) is 0 Å². The van der Waals surface area contributed by atoms with Gasteiger partial charge in [0.2, 0.25) is 11.7 Å². The minimum absolute atomic E-state index is 0.213. The summed E-state index contributed by atoms with van der Waals surface area (Å²) in [6.45, 7) is -0.213. The molecule has 168 valence electrons. The molecular formula is C22H22N2O6S2. The van der Waals surface area contributed by atoms with E-state index in [9.17, 15) is 9.59 Å². The second-order valence-electron chi connectivity index (χ2n) is 6.47. The highest BCUT2D eigenvalue weighted by molar-refractivity contribution is 8.26. The lowest BCUT2D eigenvalue weighted by atomic mass is 10.1. The van der Waals surface area contributed by atoms with Gasteiger partial charge >= 0.3 is 0 Å². The highest BCUT2D eigenvalue weighted by Gasteiger charge is 2.33. The second-order valence-corrected chi connectivity index (χ2v) is 8.15. The number of para-hydroxylation sites is 2. The molecule has 10 heteroatoms. The van der Waals surface area contributed by atoms with Crippen molar-refractivity contribution in [1.82, 2.24) is 4.90 Å². The molecule has 1 heterocycles. The Labute approximate surface area is 195 Å². The van der Waals surface area contributed by atoms with E-state index in [1.807, 2.05) is 0 Å². The molecule has 2 aromatic carbocycles. The lowest BCUT2D eigenvalue weighted by Crippen LogP contribution is -2.36. The Morgan fingerprint density at radius 1 is 1.03 bits per heavy atom. The van der Waals surface area contributed by atoms with Crippen LogP contribution in [0.15, 0.2) is 41.3 Å². The Bertz CT molecular complexity index is 1060. The number of hydrogen-bond donors (Lipinski definition) is 1. The van der Waals surface area contributed by atoms with Crippen molar-refractivity contribution in [1.29, 1.82) is 0 Å². The molecule has 0 radical (unpaired) electrons. The quantitative estimate of drug-likeness (QED) is 0.459. The van der Waals surface area contributed by atoms with Crippen LogP contribution in [0.4, 0.5) is 5.69 Å². The van der Waals surface area contributed by atoms with Gasteiger partial charge in [0.25, 0.3) is 5.91 Å². The Hall–Kier alpha value is -3.24. The third kappa shape index (κ3) is 4.97. The zero-order valence-electron chi connectivity index (χ0n) is 18.0. The number of ether oxygens (including phenoxy) is 4. The molecule has 8 nitrogen and oxygen atoms in total. The smallest absolute Gasteiger partial charge is 0.266 e. The Balaban J connectivity index is 1.78. The monoisotopic (exact) mass is 474 g/mol. The molecule has 0 saturated carbocycles. The fourth-order valence-corrected chi connectivity index (χ4v) is 4.31. The first-order valence-electron chi connectivity index (χ1n) is 9.40. The summed E-state index contributed by atoms with van der Waals surface area (Å²) >= 11 is 6.45. The average Bonchev–Trinajstić information content (AvgIpc) is 3.05. The lowest BCUT2D eigenvalue weighted by Gasteiger charge is -2.15. The summed E-state index contributed by atoms with van der Waals surface area (Å²) in [5.74, 6) is 1.15. The Kier molecular flexibility index (Phi) is 7.60. The Morgan fingerprint density at radius 2 is 1.66 bits per heavy atom. The molecule has 1 fully saturated rings. The second kappa shape index (κ2) is 10.4. The molecule has 0 aliphatic carbocycles. The molecule has 3 rings (SSSR count). The molecular weight excluding hydrogens is 452 g/mol. The number of thiocarbonyl (C=S) groups is 1. The SMILES string of the molecule is COc1ccccc1NC(=O)CN1C(=O)/C(=C\c2cc(OC)c(OC)c(OC)c2)SC1=S. The number of anilines is 1. The number of rotatable bonds is 8. The lowest BCUT2D eigenvalue weighted by molar-refractivity contribution is -0.126. The summed E-state index contributed by atoms with van der Waals surface area (Å²) in [5.41, 5.74) is 1.18. The van der Waals surface area contributed by atoms with Gasteiger partial charge in [-0.25, -0.2) is 0 Å². The summed E-state index contributed by atoms with van der Waals surface area (Å²) in [5, 5.41) is 2.74. The zero-order chi connectivity index (χ0) is 23.3. The van der Waals surface area contributed by atoms with Gasteiger partial charge < -0.3 is 24.3 Å². The van der Waals surface area contributed by atoms with Gasteiger partial charge in [0.05, 0.1) is 39.0 Å². The van der Waals surface area contributed by atoms with E-state index in [0.717, 1.165) is 11.8 Å². The van der Waals surface area contributed by atoms with Gasteiger partial charge in [-0.15, -0.1) is 0 Å². The molecule has 0 spiro atoms. The average molecular weight is 475 g/mol. The van der Waals surface area contributed by atoms with Gasteiger partial charge in [0.1, 0.15) is 16.6 Å². The van der Waals surface area contributed by atoms with Gasteiger partial charge in [0, 0.05) is 0 Å². The predicted molar refractivity (Wildman–Crippen MR) is 128 cm³/mol. The van der Waals surface area contributed by atoms with Crippen molar-refractivity contribution in [3.05, 3.63) is 46.9 Å². The number of methoxy groups -OCH3 is 4. The molecule has 1 N–H and O–H groups in total. The van der Waals surface area contributed by atoms with Gasteiger partial charge in [0.15, 0.2) is 11.5 Å². The first-order chi connectivity index (χ1) is 15.4. The number of hydrogen-bond acceptors (Lipinski definition) is 8.